The standard InChI is InChI=1S/C13H8ClF3N2O2/c14-10-2-1-7-18-11(10)19-12(20)8-3-5-9(6-4-8)21-13(15,16)17/h1-7H,(H,18,19,20). The van der Waals surface area contributed by atoms with Crippen LogP contribution in [0.5, 0.6) is 5.75 Å². The third kappa shape index (κ3) is 4.35. The van der Waals surface area contributed by atoms with E-state index in [1.165, 1.54) is 18.3 Å². The van der Waals surface area contributed by atoms with Crippen molar-refractivity contribution in [3.63, 3.8) is 0 Å². The summed E-state index contributed by atoms with van der Waals surface area (Å²) in [5, 5.41) is 2.70. The maximum absolute atomic E-state index is 12.0. The van der Waals surface area contributed by atoms with Crippen LogP contribution < -0.4 is 10.1 Å². The second-order valence-corrected chi connectivity index (χ2v) is 4.27. The highest BCUT2D eigenvalue weighted by atomic mass is 35.5. The molecule has 0 aliphatic heterocycles. The fraction of sp³-hybridized carbons (Fsp3) is 0.0769. The summed E-state index contributed by atoms with van der Waals surface area (Å²) in [7, 11) is 0. The summed E-state index contributed by atoms with van der Waals surface area (Å²) >= 11 is 5.83. The molecule has 21 heavy (non-hydrogen) atoms. The third-order valence-electron chi connectivity index (χ3n) is 2.34. The number of amides is 1. The van der Waals surface area contributed by atoms with Gasteiger partial charge in [-0.25, -0.2) is 4.98 Å². The number of aromatic nitrogens is 1. The lowest BCUT2D eigenvalue weighted by molar-refractivity contribution is -0.274. The van der Waals surface area contributed by atoms with Crippen molar-refractivity contribution in [2.75, 3.05) is 5.32 Å². The van der Waals surface area contributed by atoms with E-state index in [1.807, 2.05) is 0 Å². The van der Waals surface area contributed by atoms with Gasteiger partial charge < -0.3 is 10.1 Å². The lowest BCUT2D eigenvalue weighted by Crippen LogP contribution is -2.17. The minimum absolute atomic E-state index is 0.145. The van der Waals surface area contributed by atoms with Crippen LogP contribution in [0, 0.1) is 0 Å². The number of nitrogens with one attached hydrogen (secondary N) is 1. The molecule has 1 aromatic carbocycles. The number of pyridine rings is 1. The predicted octanol–water partition coefficient (Wildman–Crippen LogP) is 3.89. The lowest BCUT2D eigenvalue weighted by atomic mass is 10.2. The fourth-order valence-corrected chi connectivity index (χ4v) is 1.63. The van der Waals surface area contributed by atoms with Crippen molar-refractivity contribution >= 4 is 23.3 Å². The van der Waals surface area contributed by atoms with Crippen molar-refractivity contribution in [2.24, 2.45) is 0 Å². The second kappa shape index (κ2) is 6.01. The van der Waals surface area contributed by atoms with Gasteiger partial charge in [0.1, 0.15) is 5.75 Å². The summed E-state index contributed by atoms with van der Waals surface area (Å²) in [4.78, 5) is 15.8. The minimum Gasteiger partial charge on any atom is -0.406 e. The van der Waals surface area contributed by atoms with Crippen LogP contribution in [0.3, 0.4) is 0 Å². The molecule has 1 aromatic heterocycles. The summed E-state index contributed by atoms with van der Waals surface area (Å²) in [5.41, 5.74) is 0.145. The number of carbonyl (C=O) groups excluding carboxylic acids is 1. The molecule has 0 atom stereocenters. The van der Waals surface area contributed by atoms with E-state index >= 15 is 0 Å². The average molecular weight is 317 g/mol. The lowest BCUT2D eigenvalue weighted by Gasteiger charge is -2.09. The quantitative estimate of drug-likeness (QED) is 0.934. The monoisotopic (exact) mass is 316 g/mol. The van der Waals surface area contributed by atoms with Crippen molar-refractivity contribution in [1.82, 2.24) is 4.98 Å². The molecule has 0 radical (unpaired) electrons. The molecular weight excluding hydrogens is 309 g/mol. The first-order chi connectivity index (χ1) is 9.85. The Bertz CT molecular complexity index is 645. The van der Waals surface area contributed by atoms with Gasteiger partial charge in [-0.2, -0.15) is 0 Å². The molecular formula is C13H8ClF3N2O2. The van der Waals surface area contributed by atoms with Gasteiger partial charge in [0.05, 0.1) is 5.02 Å². The number of carbonyl (C=O) groups is 1. The molecule has 0 saturated heterocycles. The summed E-state index contributed by atoms with van der Waals surface area (Å²) in [6, 6.07) is 7.64. The number of rotatable bonds is 3. The van der Waals surface area contributed by atoms with Crippen LogP contribution in [0.15, 0.2) is 42.6 Å². The van der Waals surface area contributed by atoms with Gasteiger partial charge in [-0.05, 0) is 36.4 Å². The van der Waals surface area contributed by atoms with Crippen molar-refractivity contribution in [1.29, 1.82) is 0 Å². The molecule has 0 aliphatic carbocycles. The van der Waals surface area contributed by atoms with Crippen molar-refractivity contribution in [3.05, 3.63) is 53.2 Å². The maximum atomic E-state index is 12.0. The van der Waals surface area contributed by atoms with E-state index in [4.69, 9.17) is 11.6 Å². The Balaban J connectivity index is 2.08. The normalized spacial score (nSPS) is 11.0. The zero-order valence-corrected chi connectivity index (χ0v) is 11.1. The SMILES string of the molecule is O=C(Nc1ncccc1Cl)c1ccc(OC(F)(F)F)cc1. The van der Waals surface area contributed by atoms with E-state index in [2.05, 4.69) is 15.0 Å². The van der Waals surface area contributed by atoms with Gasteiger partial charge in [-0.15, -0.1) is 13.2 Å². The molecule has 110 valence electrons. The van der Waals surface area contributed by atoms with Gasteiger partial charge in [-0.3, -0.25) is 4.79 Å². The van der Waals surface area contributed by atoms with Crippen LogP contribution in [0.25, 0.3) is 0 Å². The number of hydrogen-bond acceptors (Lipinski definition) is 3. The van der Waals surface area contributed by atoms with E-state index in [0.29, 0.717) is 0 Å². The van der Waals surface area contributed by atoms with Crippen molar-refractivity contribution in [3.8, 4) is 5.75 Å². The van der Waals surface area contributed by atoms with E-state index in [-0.39, 0.29) is 16.4 Å². The van der Waals surface area contributed by atoms with E-state index < -0.39 is 18.0 Å². The van der Waals surface area contributed by atoms with Gasteiger partial charge in [0, 0.05) is 11.8 Å². The van der Waals surface area contributed by atoms with Gasteiger partial charge in [0.25, 0.3) is 5.91 Å². The number of anilines is 1. The Labute approximate surface area is 122 Å². The molecule has 8 heteroatoms. The van der Waals surface area contributed by atoms with E-state index in [9.17, 15) is 18.0 Å². The first-order valence-electron chi connectivity index (χ1n) is 5.63. The zero-order valence-electron chi connectivity index (χ0n) is 10.3. The topological polar surface area (TPSA) is 51.2 Å². The van der Waals surface area contributed by atoms with Crippen LogP contribution in [0.1, 0.15) is 10.4 Å². The molecule has 1 amide bonds. The van der Waals surface area contributed by atoms with Gasteiger partial charge in [0.2, 0.25) is 0 Å². The second-order valence-electron chi connectivity index (χ2n) is 3.86. The molecule has 0 unspecified atom stereocenters. The Morgan fingerprint density at radius 3 is 2.43 bits per heavy atom. The number of ether oxygens (including phenoxy) is 1. The zero-order chi connectivity index (χ0) is 15.5. The van der Waals surface area contributed by atoms with Gasteiger partial charge in [0.15, 0.2) is 5.82 Å². The number of benzene rings is 1. The Kier molecular flexibility index (Phi) is 4.32. The molecule has 2 rings (SSSR count). The number of alkyl halides is 3. The highest BCUT2D eigenvalue weighted by Gasteiger charge is 2.31. The minimum atomic E-state index is -4.77. The molecule has 0 spiro atoms. The molecule has 1 heterocycles. The maximum Gasteiger partial charge on any atom is 0.573 e. The Hall–Kier alpha value is -2.28. The first-order valence-corrected chi connectivity index (χ1v) is 6.00. The van der Waals surface area contributed by atoms with Crippen LogP contribution in [-0.4, -0.2) is 17.3 Å². The summed E-state index contributed by atoms with van der Waals surface area (Å²) in [5.74, 6) is -0.788. The van der Waals surface area contributed by atoms with Crippen molar-refractivity contribution < 1.29 is 22.7 Å². The molecule has 2 aromatic rings. The Morgan fingerprint density at radius 2 is 1.86 bits per heavy atom. The smallest absolute Gasteiger partial charge is 0.406 e. The highest BCUT2D eigenvalue weighted by Crippen LogP contribution is 2.23. The van der Waals surface area contributed by atoms with Gasteiger partial charge in [-0.1, -0.05) is 11.6 Å². The first kappa shape index (κ1) is 15.1. The van der Waals surface area contributed by atoms with Crippen LogP contribution >= 0.6 is 11.6 Å². The van der Waals surface area contributed by atoms with E-state index in [1.54, 1.807) is 12.1 Å². The number of halogens is 4. The average Bonchev–Trinajstić information content (AvgIpc) is 2.40. The van der Waals surface area contributed by atoms with Crippen molar-refractivity contribution in [2.45, 2.75) is 6.36 Å². The fourth-order valence-electron chi connectivity index (χ4n) is 1.47. The van der Waals surface area contributed by atoms with E-state index in [0.717, 1.165) is 12.1 Å². The van der Waals surface area contributed by atoms with Crippen LogP contribution in [0.4, 0.5) is 19.0 Å². The van der Waals surface area contributed by atoms with Gasteiger partial charge >= 0.3 is 6.36 Å². The molecule has 0 fully saturated rings. The molecule has 4 nitrogen and oxygen atoms in total. The number of nitrogens with zero attached hydrogens (tertiary/aromatic N) is 1. The van der Waals surface area contributed by atoms with Crippen LogP contribution in [-0.2, 0) is 0 Å². The Morgan fingerprint density at radius 1 is 1.19 bits per heavy atom. The summed E-state index contributed by atoms with van der Waals surface area (Å²) in [6.07, 6.45) is -3.33. The highest BCUT2D eigenvalue weighted by molar-refractivity contribution is 6.33. The largest absolute Gasteiger partial charge is 0.573 e. The number of hydrogen-bond donors (Lipinski definition) is 1. The third-order valence-corrected chi connectivity index (χ3v) is 2.65. The predicted molar refractivity (Wildman–Crippen MR) is 70.3 cm³/mol. The summed E-state index contributed by atoms with van der Waals surface area (Å²) in [6.45, 7) is 0. The molecule has 0 saturated carbocycles. The molecule has 0 aliphatic rings. The van der Waals surface area contributed by atoms with Crippen LogP contribution in [0.2, 0.25) is 5.02 Å². The molecule has 1 N–H and O–H groups in total. The molecule has 0 bridgehead atoms. The summed E-state index contributed by atoms with van der Waals surface area (Å²) < 4.78 is 39.7.